The monoisotopic (exact) mass is 282 g/mol. The Morgan fingerprint density at radius 3 is 1.15 bits per heavy atom. The van der Waals surface area contributed by atoms with E-state index >= 15 is 0 Å². The van der Waals surface area contributed by atoms with E-state index in [2.05, 4.69) is 0 Å². The Morgan fingerprint density at radius 1 is 0.550 bits per heavy atom. The van der Waals surface area contributed by atoms with Gasteiger partial charge in [-0.3, -0.25) is 19.2 Å². The van der Waals surface area contributed by atoms with Gasteiger partial charge in [0.1, 0.15) is 23.1 Å². The van der Waals surface area contributed by atoms with Crippen LogP contribution in [0.2, 0.25) is 0 Å². The zero-order valence-electron chi connectivity index (χ0n) is 12.7. The lowest BCUT2D eigenvalue weighted by Crippen LogP contribution is -2.09. The molecule has 4 nitrogen and oxygen atoms in total. The molecule has 0 N–H and O–H groups in total. The first-order chi connectivity index (χ1) is 9.49. The van der Waals surface area contributed by atoms with Gasteiger partial charge in [0.2, 0.25) is 0 Å². The van der Waals surface area contributed by atoms with Crippen molar-refractivity contribution >= 4 is 23.1 Å². The number of Topliss-reactive ketones (excluding diaryl/α,β-unsaturated/α-hetero) is 4. The lowest BCUT2D eigenvalue weighted by Gasteiger charge is -2.01. The second kappa shape index (κ2) is 11.5. The summed E-state index contributed by atoms with van der Waals surface area (Å²) in [6, 6.07) is 0. The molecule has 0 saturated heterocycles. The van der Waals surface area contributed by atoms with Gasteiger partial charge >= 0.3 is 0 Å². The van der Waals surface area contributed by atoms with E-state index in [0.29, 0.717) is 38.5 Å². The minimum absolute atomic E-state index is 0.00117. The Bertz CT molecular complexity index is 310. The summed E-state index contributed by atoms with van der Waals surface area (Å²) in [7, 11) is 0. The minimum atomic E-state index is -0.0436. The summed E-state index contributed by atoms with van der Waals surface area (Å²) in [6.07, 6.45) is 4.45. The largest absolute Gasteiger partial charge is 0.299 e. The molecule has 0 spiro atoms. The molecule has 0 atom stereocenters. The predicted molar refractivity (Wildman–Crippen MR) is 77.5 cm³/mol. The van der Waals surface area contributed by atoms with Gasteiger partial charge < -0.3 is 0 Å². The van der Waals surface area contributed by atoms with Gasteiger partial charge in [0, 0.05) is 25.7 Å². The van der Waals surface area contributed by atoms with Crippen molar-refractivity contribution in [2.45, 2.75) is 78.1 Å². The summed E-state index contributed by atoms with van der Waals surface area (Å²) in [4.78, 5) is 45.5. The lowest BCUT2D eigenvalue weighted by atomic mass is 10.0. The number of carbonyl (C=O) groups is 4. The quantitative estimate of drug-likeness (QED) is 0.384. The average molecular weight is 282 g/mol. The van der Waals surface area contributed by atoms with E-state index in [0.717, 1.165) is 12.8 Å². The van der Waals surface area contributed by atoms with Crippen LogP contribution in [0.5, 0.6) is 0 Å². The van der Waals surface area contributed by atoms with Crippen molar-refractivity contribution in [2.24, 2.45) is 0 Å². The Balaban J connectivity index is 3.65. The number of ketones is 4. The second-order valence-electron chi connectivity index (χ2n) is 5.22. The van der Waals surface area contributed by atoms with Crippen LogP contribution in [-0.4, -0.2) is 23.1 Å². The number of rotatable bonds is 13. The fraction of sp³-hybridized carbons (Fsp3) is 0.750. The first-order valence-electron chi connectivity index (χ1n) is 7.56. The number of hydrogen-bond donors (Lipinski definition) is 0. The van der Waals surface area contributed by atoms with Crippen LogP contribution in [0.4, 0.5) is 0 Å². The Labute approximate surface area is 121 Å². The van der Waals surface area contributed by atoms with Crippen LogP contribution in [0.3, 0.4) is 0 Å². The van der Waals surface area contributed by atoms with Gasteiger partial charge in [-0.1, -0.05) is 13.8 Å². The molecule has 0 rings (SSSR count). The SMILES string of the molecule is CCCC(=O)CC(=O)CCCCC(=O)CC(=O)CCC. The molecule has 0 aliphatic carbocycles. The molecule has 0 aromatic carbocycles. The third-order valence-electron chi connectivity index (χ3n) is 3.01. The maximum atomic E-state index is 11.5. The van der Waals surface area contributed by atoms with E-state index in [9.17, 15) is 19.2 Å². The summed E-state index contributed by atoms with van der Waals surface area (Å²) >= 11 is 0. The molecule has 0 bridgehead atoms. The Kier molecular flexibility index (Phi) is 10.7. The van der Waals surface area contributed by atoms with Gasteiger partial charge in [0.25, 0.3) is 0 Å². The number of hydrogen-bond acceptors (Lipinski definition) is 4. The van der Waals surface area contributed by atoms with Gasteiger partial charge in [-0.05, 0) is 25.7 Å². The molecule has 0 fully saturated rings. The van der Waals surface area contributed by atoms with E-state index in [1.807, 2.05) is 13.8 Å². The van der Waals surface area contributed by atoms with Gasteiger partial charge in [0.05, 0.1) is 12.8 Å². The number of unbranched alkanes of at least 4 members (excludes halogenated alkanes) is 1. The van der Waals surface area contributed by atoms with E-state index in [4.69, 9.17) is 0 Å². The highest BCUT2D eigenvalue weighted by Crippen LogP contribution is 2.07. The summed E-state index contributed by atoms with van der Waals surface area (Å²) in [5, 5.41) is 0. The highest BCUT2D eigenvalue weighted by Gasteiger charge is 2.10. The first kappa shape index (κ1) is 18.7. The molecule has 0 radical (unpaired) electrons. The standard InChI is InChI=1S/C16H26O4/c1-3-7-13(17)11-15(19)9-5-6-10-16(20)12-14(18)8-4-2/h3-12H2,1-2H3. The minimum Gasteiger partial charge on any atom is -0.299 e. The van der Waals surface area contributed by atoms with Gasteiger partial charge in [0.15, 0.2) is 0 Å². The van der Waals surface area contributed by atoms with Crippen LogP contribution < -0.4 is 0 Å². The maximum absolute atomic E-state index is 11.5. The molecule has 0 unspecified atom stereocenters. The Morgan fingerprint density at radius 2 is 0.850 bits per heavy atom. The molecule has 0 aromatic rings. The molecule has 20 heavy (non-hydrogen) atoms. The zero-order chi connectivity index (χ0) is 15.4. The van der Waals surface area contributed by atoms with E-state index < -0.39 is 0 Å². The molecule has 0 saturated carbocycles. The molecule has 4 heteroatoms. The zero-order valence-corrected chi connectivity index (χ0v) is 12.7. The topological polar surface area (TPSA) is 68.3 Å². The second-order valence-corrected chi connectivity index (χ2v) is 5.22. The molecule has 114 valence electrons. The van der Waals surface area contributed by atoms with Crippen molar-refractivity contribution in [1.29, 1.82) is 0 Å². The summed E-state index contributed by atoms with van der Waals surface area (Å²) in [6.45, 7) is 3.82. The summed E-state index contributed by atoms with van der Waals surface area (Å²) in [5.74, 6) is -0.0894. The summed E-state index contributed by atoms with van der Waals surface area (Å²) < 4.78 is 0. The highest BCUT2D eigenvalue weighted by molar-refractivity contribution is 5.99. The van der Waals surface area contributed by atoms with Crippen LogP contribution in [0.1, 0.15) is 78.1 Å². The third kappa shape index (κ3) is 10.6. The molecule has 0 aliphatic heterocycles. The highest BCUT2D eigenvalue weighted by atomic mass is 16.2. The smallest absolute Gasteiger partial charge is 0.140 e. The molecule has 0 heterocycles. The van der Waals surface area contributed by atoms with Crippen molar-refractivity contribution in [1.82, 2.24) is 0 Å². The normalized spacial score (nSPS) is 10.3. The van der Waals surface area contributed by atoms with Gasteiger partial charge in [-0.15, -0.1) is 0 Å². The average Bonchev–Trinajstić information content (AvgIpc) is 2.35. The summed E-state index contributed by atoms with van der Waals surface area (Å²) in [5.41, 5.74) is 0. The van der Waals surface area contributed by atoms with Crippen LogP contribution >= 0.6 is 0 Å². The van der Waals surface area contributed by atoms with Crippen LogP contribution in [0, 0.1) is 0 Å². The van der Waals surface area contributed by atoms with Crippen molar-refractivity contribution in [3.8, 4) is 0 Å². The molecule has 0 amide bonds. The van der Waals surface area contributed by atoms with Crippen molar-refractivity contribution in [2.75, 3.05) is 0 Å². The fourth-order valence-corrected chi connectivity index (χ4v) is 2.00. The first-order valence-corrected chi connectivity index (χ1v) is 7.56. The van der Waals surface area contributed by atoms with E-state index in [1.54, 1.807) is 0 Å². The fourth-order valence-electron chi connectivity index (χ4n) is 2.00. The molecule has 0 aliphatic rings. The maximum Gasteiger partial charge on any atom is 0.140 e. The number of carbonyl (C=O) groups excluding carboxylic acids is 4. The van der Waals surface area contributed by atoms with Gasteiger partial charge in [-0.2, -0.15) is 0 Å². The van der Waals surface area contributed by atoms with Crippen molar-refractivity contribution in [3.05, 3.63) is 0 Å². The van der Waals surface area contributed by atoms with Crippen LogP contribution in [0.25, 0.3) is 0 Å². The van der Waals surface area contributed by atoms with Gasteiger partial charge in [-0.25, -0.2) is 0 Å². The molecule has 0 aromatic heterocycles. The lowest BCUT2D eigenvalue weighted by molar-refractivity contribution is -0.129. The van der Waals surface area contributed by atoms with E-state index in [-0.39, 0.29) is 36.0 Å². The molecular formula is C16H26O4. The van der Waals surface area contributed by atoms with Crippen LogP contribution in [-0.2, 0) is 19.2 Å². The van der Waals surface area contributed by atoms with Crippen molar-refractivity contribution < 1.29 is 19.2 Å². The molecular weight excluding hydrogens is 256 g/mol. The van der Waals surface area contributed by atoms with Crippen molar-refractivity contribution in [3.63, 3.8) is 0 Å². The van der Waals surface area contributed by atoms with Crippen LogP contribution in [0.15, 0.2) is 0 Å². The third-order valence-corrected chi connectivity index (χ3v) is 3.01. The Hall–Kier alpha value is -1.32. The van der Waals surface area contributed by atoms with E-state index in [1.165, 1.54) is 0 Å². The predicted octanol–water partition coefficient (Wildman–Crippen LogP) is 3.20.